The summed E-state index contributed by atoms with van der Waals surface area (Å²) in [5.41, 5.74) is 0. The van der Waals surface area contributed by atoms with Crippen LogP contribution in [0.15, 0.2) is 0 Å². The van der Waals surface area contributed by atoms with Gasteiger partial charge in [-0.05, 0) is 11.8 Å². The molecule has 1 fully saturated rings. The van der Waals surface area contributed by atoms with Crippen molar-refractivity contribution in [3.63, 3.8) is 0 Å². The summed E-state index contributed by atoms with van der Waals surface area (Å²) in [5, 5.41) is 8.83. The van der Waals surface area contributed by atoms with Gasteiger partial charge in [-0.3, -0.25) is 4.79 Å². The number of carbonyl (C=O) groups excluding carboxylic acids is 1. The SMILES string of the molecule is CC(C)C(C(=O)N1CCOC(C#N)C1)C(C)C. The molecule has 0 aromatic heterocycles. The molecule has 4 nitrogen and oxygen atoms in total. The van der Waals surface area contributed by atoms with Crippen LogP contribution in [0.5, 0.6) is 0 Å². The van der Waals surface area contributed by atoms with E-state index in [9.17, 15) is 4.79 Å². The Morgan fingerprint density at radius 1 is 1.35 bits per heavy atom. The number of nitrogens with zero attached hydrogens (tertiary/aromatic N) is 2. The average molecular weight is 238 g/mol. The highest BCUT2D eigenvalue weighted by molar-refractivity contribution is 5.79. The number of ether oxygens (including phenoxy) is 1. The quantitative estimate of drug-likeness (QED) is 0.751. The molecular weight excluding hydrogens is 216 g/mol. The fraction of sp³-hybridized carbons (Fsp3) is 0.846. The van der Waals surface area contributed by atoms with Crippen molar-refractivity contribution in [1.29, 1.82) is 5.26 Å². The first-order valence-corrected chi connectivity index (χ1v) is 6.27. The lowest BCUT2D eigenvalue weighted by Gasteiger charge is -2.35. The van der Waals surface area contributed by atoms with Crippen LogP contribution >= 0.6 is 0 Å². The maximum atomic E-state index is 12.4. The second-order valence-corrected chi connectivity index (χ2v) is 5.29. The van der Waals surface area contributed by atoms with Crippen LogP contribution < -0.4 is 0 Å². The summed E-state index contributed by atoms with van der Waals surface area (Å²) in [5.74, 6) is 0.850. The van der Waals surface area contributed by atoms with Crippen molar-refractivity contribution in [1.82, 2.24) is 4.90 Å². The van der Waals surface area contributed by atoms with Crippen LogP contribution in [0, 0.1) is 29.1 Å². The zero-order valence-corrected chi connectivity index (χ0v) is 11.1. The second kappa shape index (κ2) is 6.02. The highest BCUT2D eigenvalue weighted by Gasteiger charge is 2.32. The van der Waals surface area contributed by atoms with Crippen LogP contribution in [-0.2, 0) is 9.53 Å². The Bertz CT molecular complexity index is 299. The normalized spacial score (nSPS) is 21.1. The van der Waals surface area contributed by atoms with Crippen LogP contribution in [-0.4, -0.2) is 36.6 Å². The van der Waals surface area contributed by atoms with Gasteiger partial charge in [0.25, 0.3) is 0 Å². The van der Waals surface area contributed by atoms with E-state index in [1.54, 1.807) is 4.90 Å². The third-order valence-electron chi connectivity index (χ3n) is 3.24. The fourth-order valence-electron chi connectivity index (χ4n) is 2.48. The third kappa shape index (κ3) is 3.44. The highest BCUT2D eigenvalue weighted by atomic mass is 16.5. The van der Waals surface area contributed by atoms with Gasteiger partial charge in [0.1, 0.15) is 0 Å². The first-order valence-electron chi connectivity index (χ1n) is 6.27. The summed E-state index contributed by atoms with van der Waals surface area (Å²) >= 11 is 0. The molecule has 0 spiro atoms. The number of nitriles is 1. The van der Waals surface area contributed by atoms with Crippen molar-refractivity contribution in [2.45, 2.75) is 33.8 Å². The van der Waals surface area contributed by atoms with E-state index in [0.29, 0.717) is 31.5 Å². The molecule has 1 amide bonds. The molecule has 0 radical (unpaired) electrons. The molecule has 1 atom stereocenters. The Balaban J connectivity index is 2.71. The molecular formula is C13H22N2O2. The maximum Gasteiger partial charge on any atom is 0.226 e. The highest BCUT2D eigenvalue weighted by Crippen LogP contribution is 2.24. The van der Waals surface area contributed by atoms with E-state index in [2.05, 4.69) is 33.8 Å². The zero-order chi connectivity index (χ0) is 13.0. The Morgan fingerprint density at radius 3 is 2.41 bits per heavy atom. The Hall–Kier alpha value is -1.08. The summed E-state index contributed by atoms with van der Waals surface area (Å²) < 4.78 is 5.25. The van der Waals surface area contributed by atoms with Gasteiger partial charge in [0.15, 0.2) is 6.10 Å². The fourth-order valence-corrected chi connectivity index (χ4v) is 2.48. The van der Waals surface area contributed by atoms with E-state index >= 15 is 0 Å². The van der Waals surface area contributed by atoms with Gasteiger partial charge >= 0.3 is 0 Å². The van der Waals surface area contributed by atoms with Crippen molar-refractivity contribution in [2.24, 2.45) is 17.8 Å². The predicted octanol–water partition coefficient (Wildman–Crippen LogP) is 1.67. The molecule has 0 bridgehead atoms. The summed E-state index contributed by atoms with van der Waals surface area (Å²) in [4.78, 5) is 14.2. The van der Waals surface area contributed by atoms with E-state index < -0.39 is 6.10 Å². The van der Waals surface area contributed by atoms with Crippen molar-refractivity contribution >= 4 is 5.91 Å². The average Bonchev–Trinajstić information content (AvgIpc) is 2.28. The van der Waals surface area contributed by atoms with Crippen molar-refractivity contribution in [3.05, 3.63) is 0 Å². The standard InChI is InChI=1S/C13H22N2O2/c1-9(2)12(10(3)4)13(16)15-5-6-17-11(7-14)8-15/h9-12H,5-6,8H2,1-4H3. The lowest BCUT2D eigenvalue weighted by molar-refractivity contribution is -0.144. The zero-order valence-electron chi connectivity index (χ0n) is 11.1. The largest absolute Gasteiger partial charge is 0.360 e. The third-order valence-corrected chi connectivity index (χ3v) is 3.24. The first kappa shape index (κ1) is 14.0. The van der Waals surface area contributed by atoms with E-state index in [1.165, 1.54) is 0 Å². The van der Waals surface area contributed by atoms with Gasteiger partial charge in [-0.15, -0.1) is 0 Å². The van der Waals surface area contributed by atoms with E-state index in [-0.39, 0.29) is 11.8 Å². The van der Waals surface area contributed by atoms with Gasteiger partial charge in [0.2, 0.25) is 5.91 Å². The van der Waals surface area contributed by atoms with Crippen LogP contribution in [0.4, 0.5) is 0 Å². The van der Waals surface area contributed by atoms with Crippen molar-refractivity contribution < 1.29 is 9.53 Å². The summed E-state index contributed by atoms with van der Waals surface area (Å²) in [6, 6.07) is 2.07. The van der Waals surface area contributed by atoms with Crippen molar-refractivity contribution in [3.8, 4) is 6.07 Å². The molecule has 96 valence electrons. The van der Waals surface area contributed by atoms with Crippen LogP contribution in [0.2, 0.25) is 0 Å². The molecule has 17 heavy (non-hydrogen) atoms. The molecule has 0 aliphatic carbocycles. The van der Waals surface area contributed by atoms with E-state index in [0.717, 1.165) is 0 Å². The predicted molar refractivity (Wildman–Crippen MR) is 65.1 cm³/mol. The number of hydrogen-bond donors (Lipinski definition) is 0. The summed E-state index contributed by atoms with van der Waals surface area (Å²) in [7, 11) is 0. The molecule has 1 saturated heterocycles. The topological polar surface area (TPSA) is 53.3 Å². The molecule has 0 saturated carbocycles. The smallest absolute Gasteiger partial charge is 0.226 e. The van der Waals surface area contributed by atoms with Crippen LogP contribution in [0.1, 0.15) is 27.7 Å². The van der Waals surface area contributed by atoms with Crippen LogP contribution in [0.25, 0.3) is 0 Å². The number of carbonyl (C=O) groups is 1. The second-order valence-electron chi connectivity index (χ2n) is 5.29. The molecule has 4 heteroatoms. The minimum Gasteiger partial charge on any atom is -0.360 e. The van der Waals surface area contributed by atoms with Gasteiger partial charge < -0.3 is 9.64 Å². The number of rotatable bonds is 3. The van der Waals surface area contributed by atoms with Gasteiger partial charge in [-0.25, -0.2) is 0 Å². The van der Waals surface area contributed by atoms with E-state index in [1.807, 2.05) is 0 Å². The Morgan fingerprint density at radius 2 is 1.94 bits per heavy atom. The number of morpholine rings is 1. The molecule has 0 aromatic rings. The van der Waals surface area contributed by atoms with Crippen molar-refractivity contribution in [2.75, 3.05) is 19.7 Å². The minimum atomic E-state index is -0.465. The van der Waals surface area contributed by atoms with E-state index in [4.69, 9.17) is 10.00 Å². The number of amides is 1. The molecule has 1 rings (SSSR count). The summed E-state index contributed by atoms with van der Waals surface area (Å²) in [6.07, 6.45) is -0.465. The van der Waals surface area contributed by atoms with Gasteiger partial charge in [-0.2, -0.15) is 5.26 Å². The Labute approximate surface area is 104 Å². The molecule has 1 heterocycles. The molecule has 1 aliphatic rings. The maximum absolute atomic E-state index is 12.4. The molecule has 0 N–H and O–H groups in total. The lowest BCUT2D eigenvalue weighted by Crippen LogP contribution is -2.49. The van der Waals surface area contributed by atoms with Gasteiger partial charge in [-0.1, -0.05) is 27.7 Å². The van der Waals surface area contributed by atoms with Crippen LogP contribution in [0.3, 0.4) is 0 Å². The minimum absolute atomic E-state index is 0.0347. The monoisotopic (exact) mass is 238 g/mol. The van der Waals surface area contributed by atoms with Gasteiger partial charge in [0, 0.05) is 12.5 Å². The number of hydrogen-bond acceptors (Lipinski definition) is 3. The Kier molecular flexibility index (Phi) is 4.95. The van der Waals surface area contributed by atoms with Gasteiger partial charge in [0.05, 0.1) is 19.2 Å². The molecule has 1 aliphatic heterocycles. The lowest BCUT2D eigenvalue weighted by atomic mass is 9.84. The molecule has 1 unspecified atom stereocenters. The molecule has 0 aromatic carbocycles. The summed E-state index contributed by atoms with van der Waals surface area (Å²) in [6.45, 7) is 9.77. The first-order chi connectivity index (χ1) is 7.97.